The van der Waals surface area contributed by atoms with E-state index in [0.717, 1.165) is 24.6 Å². The first-order valence-electron chi connectivity index (χ1n) is 11.3. The molecular weight excluding hydrogens is 522 g/mol. The van der Waals surface area contributed by atoms with Crippen molar-refractivity contribution < 1.29 is 21.6 Å². The number of hydrogen-bond acceptors (Lipinski definition) is 8. The van der Waals surface area contributed by atoms with E-state index in [1.165, 1.54) is 28.6 Å². The maximum absolute atomic E-state index is 12.7. The Morgan fingerprint density at radius 1 is 0.972 bits per heavy atom. The van der Waals surface area contributed by atoms with Gasteiger partial charge in [-0.25, -0.2) is 16.8 Å². The molecule has 192 valence electrons. The van der Waals surface area contributed by atoms with E-state index in [1.807, 2.05) is 0 Å². The van der Waals surface area contributed by atoms with Gasteiger partial charge in [0.05, 0.1) is 15.0 Å². The maximum atomic E-state index is 12.7. The van der Waals surface area contributed by atoms with Crippen molar-refractivity contribution in [2.24, 2.45) is 7.05 Å². The lowest BCUT2D eigenvalue weighted by Crippen LogP contribution is -2.27. The summed E-state index contributed by atoms with van der Waals surface area (Å²) < 4.78 is 53.7. The fourth-order valence-corrected chi connectivity index (χ4v) is 7.38. The number of hydrogen-bond donors (Lipinski definition) is 1. The first kappa shape index (κ1) is 26.3. The molecule has 3 aromatic rings. The summed E-state index contributed by atoms with van der Waals surface area (Å²) in [6.45, 7) is 2.75. The van der Waals surface area contributed by atoms with Gasteiger partial charge in [-0.1, -0.05) is 30.0 Å². The van der Waals surface area contributed by atoms with Gasteiger partial charge < -0.3 is 9.88 Å². The Morgan fingerprint density at radius 3 is 2.25 bits per heavy atom. The van der Waals surface area contributed by atoms with E-state index in [9.17, 15) is 21.6 Å². The molecule has 13 heteroatoms. The summed E-state index contributed by atoms with van der Waals surface area (Å²) in [6.07, 6.45) is 1.72. The molecule has 2 aromatic carbocycles. The minimum absolute atomic E-state index is 0.196. The van der Waals surface area contributed by atoms with Gasteiger partial charge in [0.1, 0.15) is 11.6 Å². The molecule has 1 saturated heterocycles. The van der Waals surface area contributed by atoms with Gasteiger partial charge in [-0.2, -0.15) is 4.31 Å². The van der Waals surface area contributed by atoms with Gasteiger partial charge >= 0.3 is 0 Å². The minimum atomic E-state index is -3.59. The van der Waals surface area contributed by atoms with Crippen molar-refractivity contribution in [3.63, 3.8) is 0 Å². The zero-order valence-corrected chi connectivity index (χ0v) is 22.3. The molecule has 0 saturated carbocycles. The third-order valence-corrected chi connectivity index (χ3v) is 10.5. The molecule has 0 spiro atoms. The monoisotopic (exact) mass is 549 g/mol. The average Bonchev–Trinajstić information content (AvgIpc) is 3.52. The molecule has 10 nitrogen and oxygen atoms in total. The predicted octanol–water partition coefficient (Wildman–Crippen LogP) is 2.69. The summed E-state index contributed by atoms with van der Waals surface area (Å²) in [6, 6.07) is 14.2. The fraction of sp³-hybridized carbons (Fsp3) is 0.348. The zero-order valence-electron chi connectivity index (χ0n) is 19.9. The number of thioether (sulfide) groups is 1. The molecule has 1 fully saturated rings. The zero-order chi connectivity index (χ0) is 25.9. The predicted molar refractivity (Wildman–Crippen MR) is 137 cm³/mol. The van der Waals surface area contributed by atoms with Crippen LogP contribution in [0.2, 0.25) is 0 Å². The summed E-state index contributed by atoms with van der Waals surface area (Å²) in [7, 11) is -5.45. The third-order valence-electron chi connectivity index (χ3n) is 5.82. The fourth-order valence-electron chi connectivity index (χ4n) is 3.70. The van der Waals surface area contributed by atoms with E-state index < -0.39 is 25.1 Å². The molecule has 0 bridgehead atoms. The molecule has 4 rings (SSSR count). The summed E-state index contributed by atoms with van der Waals surface area (Å²) in [4.78, 5) is 13.1. The topological polar surface area (TPSA) is 131 Å². The van der Waals surface area contributed by atoms with Crippen LogP contribution in [0.3, 0.4) is 0 Å². The van der Waals surface area contributed by atoms with Crippen molar-refractivity contribution in [3.8, 4) is 0 Å². The number of carbonyl (C=O) groups excluding carboxylic acids is 1. The van der Waals surface area contributed by atoms with E-state index in [1.54, 1.807) is 48.9 Å². The van der Waals surface area contributed by atoms with Crippen LogP contribution in [-0.2, 0) is 37.5 Å². The summed E-state index contributed by atoms with van der Waals surface area (Å²) in [5.41, 5.74) is 0.473. The van der Waals surface area contributed by atoms with E-state index in [-0.39, 0.29) is 27.3 Å². The second-order valence-electron chi connectivity index (χ2n) is 8.41. The lowest BCUT2D eigenvalue weighted by atomic mass is 10.3. The molecule has 1 aromatic heterocycles. The number of aromatic nitrogens is 3. The van der Waals surface area contributed by atoms with Crippen LogP contribution in [0.15, 0.2) is 69.5 Å². The first-order chi connectivity index (χ1) is 17.1. The molecule has 1 atom stereocenters. The highest BCUT2D eigenvalue weighted by Crippen LogP contribution is 2.25. The average molecular weight is 550 g/mol. The van der Waals surface area contributed by atoms with Crippen molar-refractivity contribution in [3.05, 3.63) is 60.4 Å². The lowest BCUT2D eigenvalue weighted by Gasteiger charge is -2.16. The third kappa shape index (κ3) is 5.80. The Balaban J connectivity index is 1.38. The van der Waals surface area contributed by atoms with Crippen LogP contribution in [0.5, 0.6) is 0 Å². The normalized spacial score (nSPS) is 15.6. The highest BCUT2D eigenvalue weighted by atomic mass is 32.2. The van der Waals surface area contributed by atoms with Crippen molar-refractivity contribution in [1.29, 1.82) is 0 Å². The number of carbonyl (C=O) groups is 1. The number of nitrogens with zero attached hydrogens (tertiary/aromatic N) is 4. The Bertz CT molecular complexity index is 1430. The molecule has 1 unspecified atom stereocenters. The van der Waals surface area contributed by atoms with Crippen molar-refractivity contribution in [1.82, 2.24) is 19.1 Å². The number of rotatable bonds is 9. The Kier molecular flexibility index (Phi) is 7.83. The maximum Gasteiger partial charge on any atom is 0.243 e. The molecule has 1 aliphatic heterocycles. The standard InChI is InChI=1S/C23H27N5O5S3/c1-17(22(29)24-18-10-12-20(13-11-18)36(32,33)28-14-6-7-15-28)34-23-26-25-21(27(23)2)16-35(30,31)19-8-4-3-5-9-19/h3-5,8-13,17H,6-7,14-16H2,1-2H3,(H,24,29). The van der Waals surface area contributed by atoms with Crippen molar-refractivity contribution in [2.45, 2.75) is 45.7 Å². The van der Waals surface area contributed by atoms with Gasteiger partial charge in [-0.3, -0.25) is 4.79 Å². The van der Waals surface area contributed by atoms with Crippen LogP contribution in [0.4, 0.5) is 5.69 Å². The molecular formula is C23H27N5O5S3. The molecule has 1 N–H and O–H groups in total. The number of sulfonamides is 1. The second-order valence-corrected chi connectivity index (χ2v) is 13.7. The van der Waals surface area contributed by atoms with Crippen LogP contribution < -0.4 is 5.32 Å². The Labute approximate surface area is 215 Å². The highest BCUT2D eigenvalue weighted by molar-refractivity contribution is 8.00. The first-order valence-corrected chi connectivity index (χ1v) is 15.3. The lowest BCUT2D eigenvalue weighted by molar-refractivity contribution is -0.115. The van der Waals surface area contributed by atoms with Gasteiger partial charge in [0.25, 0.3) is 0 Å². The molecule has 2 heterocycles. The van der Waals surface area contributed by atoms with Gasteiger partial charge in [0.2, 0.25) is 15.9 Å². The van der Waals surface area contributed by atoms with Gasteiger partial charge in [-0.05, 0) is 56.2 Å². The van der Waals surface area contributed by atoms with Crippen molar-refractivity contribution >= 4 is 43.2 Å². The van der Waals surface area contributed by atoms with Crippen LogP contribution in [0, 0.1) is 0 Å². The number of amides is 1. The van der Waals surface area contributed by atoms with Crippen molar-refractivity contribution in [2.75, 3.05) is 18.4 Å². The largest absolute Gasteiger partial charge is 0.325 e. The number of anilines is 1. The number of sulfone groups is 1. The van der Waals surface area contributed by atoms with Crippen LogP contribution >= 0.6 is 11.8 Å². The molecule has 0 radical (unpaired) electrons. The van der Waals surface area contributed by atoms with E-state index in [2.05, 4.69) is 15.5 Å². The van der Waals surface area contributed by atoms with E-state index >= 15 is 0 Å². The van der Waals surface area contributed by atoms with Gasteiger partial charge in [-0.15, -0.1) is 10.2 Å². The molecule has 0 aliphatic carbocycles. The van der Waals surface area contributed by atoms with Crippen LogP contribution in [0.1, 0.15) is 25.6 Å². The summed E-state index contributed by atoms with van der Waals surface area (Å²) >= 11 is 1.14. The van der Waals surface area contributed by atoms with Crippen LogP contribution in [-0.4, -0.2) is 60.2 Å². The number of benzene rings is 2. The summed E-state index contributed by atoms with van der Waals surface area (Å²) in [5.74, 6) is -0.352. The minimum Gasteiger partial charge on any atom is -0.325 e. The number of nitrogens with one attached hydrogen (secondary N) is 1. The Hall–Kier alpha value is -2.74. The molecule has 1 aliphatic rings. The van der Waals surface area contributed by atoms with E-state index in [4.69, 9.17) is 0 Å². The molecule has 36 heavy (non-hydrogen) atoms. The van der Waals surface area contributed by atoms with Crippen LogP contribution in [0.25, 0.3) is 0 Å². The SMILES string of the molecule is CC(Sc1nnc(CS(=O)(=O)c2ccccc2)n1C)C(=O)Nc1ccc(S(=O)(=O)N2CCCC2)cc1. The van der Waals surface area contributed by atoms with Gasteiger partial charge in [0.15, 0.2) is 15.0 Å². The molecule has 1 amide bonds. The van der Waals surface area contributed by atoms with E-state index in [0.29, 0.717) is 23.9 Å². The Morgan fingerprint density at radius 2 is 1.61 bits per heavy atom. The smallest absolute Gasteiger partial charge is 0.243 e. The van der Waals surface area contributed by atoms with Gasteiger partial charge in [0, 0.05) is 25.8 Å². The summed E-state index contributed by atoms with van der Waals surface area (Å²) in [5, 5.41) is 10.7. The second kappa shape index (κ2) is 10.7. The highest BCUT2D eigenvalue weighted by Gasteiger charge is 2.27. The quantitative estimate of drug-likeness (QED) is 0.403.